The highest BCUT2D eigenvalue weighted by atomic mass is 16.1. The van der Waals surface area contributed by atoms with Crippen molar-refractivity contribution in [1.82, 2.24) is 0 Å². The lowest BCUT2D eigenvalue weighted by Gasteiger charge is -2.16. The van der Waals surface area contributed by atoms with Crippen molar-refractivity contribution in [2.75, 3.05) is 5.32 Å². The molecular weight excluding hydrogens is 250 g/mol. The Morgan fingerprint density at radius 3 is 2.60 bits per heavy atom. The molecule has 0 saturated heterocycles. The van der Waals surface area contributed by atoms with E-state index < -0.39 is 0 Å². The molecule has 0 saturated carbocycles. The molecule has 2 aromatic carbocycles. The minimum atomic E-state index is -0.159. The van der Waals surface area contributed by atoms with Crippen LogP contribution in [-0.4, -0.2) is 11.7 Å². The highest BCUT2D eigenvalue weighted by Crippen LogP contribution is 2.24. The number of anilines is 1. The summed E-state index contributed by atoms with van der Waals surface area (Å²) < 4.78 is 0. The van der Waals surface area contributed by atoms with Crippen molar-refractivity contribution in [2.45, 2.75) is 19.3 Å². The second kappa shape index (κ2) is 5.29. The molecule has 0 aliphatic heterocycles. The van der Waals surface area contributed by atoms with E-state index in [2.05, 4.69) is 5.32 Å². The van der Waals surface area contributed by atoms with Crippen molar-refractivity contribution in [2.24, 2.45) is 0 Å². The fraction of sp³-hybridized carbons (Fsp3) is 0.176. The normalized spacial score (nSPS) is 13.7. The van der Waals surface area contributed by atoms with Gasteiger partial charge >= 0.3 is 0 Å². The first-order valence-electron chi connectivity index (χ1n) is 6.76. The first-order valence-corrected chi connectivity index (χ1v) is 6.76. The lowest BCUT2D eigenvalue weighted by molar-refractivity contribution is 0.0970. The van der Waals surface area contributed by atoms with Crippen LogP contribution in [0.5, 0.6) is 0 Å². The average molecular weight is 265 g/mol. The summed E-state index contributed by atoms with van der Waals surface area (Å²) in [6.45, 7) is 0. The first kappa shape index (κ1) is 12.6. The Kier molecular flexibility index (Phi) is 3.33. The van der Waals surface area contributed by atoms with E-state index in [-0.39, 0.29) is 11.7 Å². The van der Waals surface area contributed by atoms with Crippen LogP contribution in [0.1, 0.15) is 39.1 Å². The summed E-state index contributed by atoms with van der Waals surface area (Å²) >= 11 is 0. The summed E-state index contributed by atoms with van der Waals surface area (Å²) in [6.07, 6.45) is 2.46. The Balaban J connectivity index is 1.83. The van der Waals surface area contributed by atoms with E-state index in [1.807, 2.05) is 30.3 Å². The average Bonchev–Trinajstić information content (AvgIpc) is 2.49. The molecule has 1 aliphatic carbocycles. The molecule has 0 heterocycles. The van der Waals surface area contributed by atoms with Crippen molar-refractivity contribution in [3.05, 3.63) is 65.2 Å². The van der Waals surface area contributed by atoms with Gasteiger partial charge in [0.15, 0.2) is 5.78 Å². The maximum absolute atomic E-state index is 12.1. The minimum absolute atomic E-state index is 0.159. The SMILES string of the molecule is O=C(Nc1ccc2c(c1)C(=O)CCC2)c1ccccc1. The zero-order valence-electron chi connectivity index (χ0n) is 11.1. The zero-order chi connectivity index (χ0) is 13.9. The van der Waals surface area contributed by atoms with Gasteiger partial charge in [0, 0.05) is 23.2 Å². The summed E-state index contributed by atoms with van der Waals surface area (Å²) in [7, 11) is 0. The number of carbonyl (C=O) groups excluding carboxylic acids is 2. The second-order valence-electron chi connectivity index (χ2n) is 4.97. The fourth-order valence-electron chi connectivity index (χ4n) is 2.50. The molecule has 3 rings (SSSR count). The number of ketones is 1. The number of benzene rings is 2. The summed E-state index contributed by atoms with van der Waals surface area (Å²) in [5.41, 5.74) is 3.12. The van der Waals surface area contributed by atoms with Crippen LogP contribution >= 0.6 is 0 Å². The van der Waals surface area contributed by atoms with Gasteiger partial charge in [0.05, 0.1) is 0 Å². The number of rotatable bonds is 2. The molecule has 100 valence electrons. The highest BCUT2D eigenvalue weighted by molar-refractivity contribution is 6.05. The Bertz CT molecular complexity index is 662. The quantitative estimate of drug-likeness (QED) is 0.903. The Hall–Kier alpha value is -2.42. The van der Waals surface area contributed by atoms with Gasteiger partial charge < -0.3 is 5.32 Å². The van der Waals surface area contributed by atoms with Crippen molar-refractivity contribution in [3.8, 4) is 0 Å². The largest absolute Gasteiger partial charge is 0.322 e. The van der Waals surface area contributed by atoms with E-state index in [1.54, 1.807) is 18.2 Å². The Morgan fingerprint density at radius 2 is 1.80 bits per heavy atom. The molecule has 20 heavy (non-hydrogen) atoms. The standard InChI is InChI=1S/C17H15NO2/c19-16-8-4-7-12-9-10-14(11-15(12)16)18-17(20)13-5-2-1-3-6-13/h1-3,5-6,9-11H,4,7-8H2,(H,18,20). The number of nitrogens with one attached hydrogen (secondary N) is 1. The van der Waals surface area contributed by atoms with Gasteiger partial charge in [0.2, 0.25) is 0 Å². The topological polar surface area (TPSA) is 46.2 Å². The smallest absolute Gasteiger partial charge is 0.255 e. The molecule has 0 fully saturated rings. The number of fused-ring (bicyclic) bond motifs is 1. The number of hydrogen-bond donors (Lipinski definition) is 1. The highest BCUT2D eigenvalue weighted by Gasteiger charge is 2.17. The maximum atomic E-state index is 12.1. The van der Waals surface area contributed by atoms with Gasteiger partial charge in [-0.1, -0.05) is 24.3 Å². The maximum Gasteiger partial charge on any atom is 0.255 e. The van der Waals surface area contributed by atoms with Gasteiger partial charge in [-0.15, -0.1) is 0 Å². The molecule has 1 aliphatic rings. The Morgan fingerprint density at radius 1 is 1.00 bits per heavy atom. The van der Waals surface area contributed by atoms with Crippen molar-refractivity contribution < 1.29 is 9.59 Å². The molecule has 0 unspecified atom stereocenters. The first-order chi connectivity index (χ1) is 9.74. The molecule has 2 aromatic rings. The van der Waals surface area contributed by atoms with Crippen molar-refractivity contribution >= 4 is 17.4 Å². The third-order valence-corrected chi connectivity index (χ3v) is 3.55. The molecule has 0 radical (unpaired) electrons. The van der Waals surface area contributed by atoms with Gasteiger partial charge in [-0.05, 0) is 42.7 Å². The number of Topliss-reactive ketones (excluding diaryl/α,β-unsaturated/α-hetero) is 1. The molecule has 0 spiro atoms. The molecule has 1 N–H and O–H groups in total. The molecular formula is C17H15NO2. The molecule has 0 bridgehead atoms. The lowest BCUT2D eigenvalue weighted by atomic mass is 9.90. The van der Waals surface area contributed by atoms with E-state index in [0.29, 0.717) is 17.7 Å². The van der Waals surface area contributed by atoms with Gasteiger partial charge in [0.25, 0.3) is 5.91 Å². The van der Waals surface area contributed by atoms with Crippen LogP contribution < -0.4 is 5.32 Å². The second-order valence-corrected chi connectivity index (χ2v) is 4.97. The number of aryl methyl sites for hydroxylation is 1. The van der Waals surface area contributed by atoms with Crippen LogP contribution in [0.15, 0.2) is 48.5 Å². The monoisotopic (exact) mass is 265 g/mol. The van der Waals surface area contributed by atoms with E-state index in [1.165, 1.54) is 0 Å². The van der Waals surface area contributed by atoms with E-state index in [9.17, 15) is 9.59 Å². The molecule has 0 atom stereocenters. The van der Waals surface area contributed by atoms with Crippen LogP contribution in [-0.2, 0) is 6.42 Å². The van der Waals surface area contributed by atoms with Crippen LogP contribution in [0.2, 0.25) is 0 Å². The van der Waals surface area contributed by atoms with Gasteiger partial charge in [-0.2, -0.15) is 0 Å². The fourth-order valence-corrected chi connectivity index (χ4v) is 2.50. The predicted molar refractivity (Wildman–Crippen MR) is 78.1 cm³/mol. The number of amides is 1. The van der Waals surface area contributed by atoms with Crippen molar-refractivity contribution in [3.63, 3.8) is 0 Å². The third-order valence-electron chi connectivity index (χ3n) is 3.55. The van der Waals surface area contributed by atoms with E-state index >= 15 is 0 Å². The summed E-state index contributed by atoms with van der Waals surface area (Å²) in [5.74, 6) is 0.0101. The number of carbonyl (C=O) groups is 2. The van der Waals surface area contributed by atoms with Crippen LogP contribution in [0, 0.1) is 0 Å². The van der Waals surface area contributed by atoms with Crippen molar-refractivity contribution in [1.29, 1.82) is 0 Å². The minimum Gasteiger partial charge on any atom is -0.322 e. The molecule has 3 nitrogen and oxygen atoms in total. The molecule has 0 aromatic heterocycles. The summed E-state index contributed by atoms with van der Waals surface area (Å²) in [4.78, 5) is 23.9. The lowest BCUT2D eigenvalue weighted by Crippen LogP contribution is -2.14. The van der Waals surface area contributed by atoms with E-state index in [4.69, 9.17) is 0 Å². The van der Waals surface area contributed by atoms with Crippen LogP contribution in [0.3, 0.4) is 0 Å². The zero-order valence-corrected chi connectivity index (χ0v) is 11.1. The van der Waals surface area contributed by atoms with Crippen LogP contribution in [0.4, 0.5) is 5.69 Å². The summed E-state index contributed by atoms with van der Waals surface area (Å²) in [6, 6.07) is 14.6. The third kappa shape index (κ3) is 2.48. The number of hydrogen-bond acceptors (Lipinski definition) is 2. The molecule has 1 amide bonds. The Labute approximate surface area is 117 Å². The molecule has 3 heteroatoms. The van der Waals surface area contributed by atoms with Crippen LogP contribution in [0.25, 0.3) is 0 Å². The summed E-state index contributed by atoms with van der Waals surface area (Å²) in [5, 5.41) is 2.84. The van der Waals surface area contributed by atoms with E-state index in [0.717, 1.165) is 24.0 Å². The predicted octanol–water partition coefficient (Wildman–Crippen LogP) is 3.46. The van der Waals surface area contributed by atoms with Gasteiger partial charge in [-0.25, -0.2) is 0 Å². The van der Waals surface area contributed by atoms with Gasteiger partial charge in [0.1, 0.15) is 0 Å². The van der Waals surface area contributed by atoms with Gasteiger partial charge in [-0.3, -0.25) is 9.59 Å².